The number of aryl methyl sites for hydroxylation is 3. The molecule has 1 unspecified atom stereocenters. The first-order valence-corrected chi connectivity index (χ1v) is 10.7. The molecular weight excluding hydrogens is 388 g/mol. The Kier molecular flexibility index (Phi) is 8.11. The van der Waals surface area contributed by atoms with E-state index < -0.39 is 5.97 Å². The number of methoxy groups -OCH3 is 1. The van der Waals surface area contributed by atoms with E-state index in [0.29, 0.717) is 0 Å². The molecule has 3 aromatic rings. The van der Waals surface area contributed by atoms with Crippen molar-refractivity contribution < 1.29 is 19.4 Å². The highest BCUT2D eigenvalue weighted by atomic mass is 16.5. The highest BCUT2D eigenvalue weighted by molar-refractivity contribution is 5.85. The number of carboxylic acid groups (broad SMARTS) is 1. The summed E-state index contributed by atoms with van der Waals surface area (Å²) in [4.78, 5) is 10.9. The first kappa shape index (κ1) is 22.4. The molecule has 0 saturated heterocycles. The Morgan fingerprint density at radius 2 is 1.48 bits per heavy atom. The number of benzene rings is 3. The second kappa shape index (κ2) is 11.2. The number of hydrogen-bond donors (Lipinski definition) is 0. The number of carbonyl (C=O) groups is 1. The van der Waals surface area contributed by atoms with Crippen LogP contribution in [0.3, 0.4) is 0 Å². The number of rotatable bonds is 11. The summed E-state index contributed by atoms with van der Waals surface area (Å²) >= 11 is 0. The Morgan fingerprint density at radius 1 is 0.839 bits per heavy atom. The summed E-state index contributed by atoms with van der Waals surface area (Å²) in [7, 11) is 1.65. The summed E-state index contributed by atoms with van der Waals surface area (Å²) in [6, 6.07) is 23.4. The molecule has 0 heterocycles. The smallest absolute Gasteiger partial charge is 0.161 e. The summed E-state index contributed by atoms with van der Waals surface area (Å²) in [5, 5.41) is 10.9. The fraction of sp³-hybridized carbons (Fsp3) is 0.296. The molecule has 0 amide bonds. The van der Waals surface area contributed by atoms with Gasteiger partial charge >= 0.3 is 0 Å². The summed E-state index contributed by atoms with van der Waals surface area (Å²) in [6.07, 6.45) is 4.80. The van der Waals surface area contributed by atoms with Crippen LogP contribution in [0.4, 0.5) is 0 Å². The van der Waals surface area contributed by atoms with Gasteiger partial charge in [0.1, 0.15) is 0 Å². The summed E-state index contributed by atoms with van der Waals surface area (Å²) < 4.78 is 11.7. The second-order valence-corrected chi connectivity index (χ2v) is 7.78. The van der Waals surface area contributed by atoms with E-state index in [4.69, 9.17) is 9.47 Å². The van der Waals surface area contributed by atoms with Crippen LogP contribution in [0.2, 0.25) is 0 Å². The molecule has 0 N–H and O–H groups in total. The average Bonchev–Trinajstić information content (AvgIpc) is 2.79. The summed E-state index contributed by atoms with van der Waals surface area (Å²) in [5.74, 6) is 0.345. The third-order valence-electron chi connectivity index (χ3n) is 5.37. The monoisotopic (exact) mass is 417 g/mol. The number of carbonyl (C=O) groups excluding carboxylic acids is 1. The van der Waals surface area contributed by atoms with Gasteiger partial charge in [-0.25, -0.2) is 0 Å². The van der Waals surface area contributed by atoms with Gasteiger partial charge in [0, 0.05) is 0 Å². The van der Waals surface area contributed by atoms with E-state index in [1.54, 1.807) is 19.2 Å². The van der Waals surface area contributed by atoms with Gasteiger partial charge in [-0.3, -0.25) is 0 Å². The molecule has 0 saturated carbocycles. The molecule has 4 nitrogen and oxygen atoms in total. The predicted octanol–water partition coefficient (Wildman–Crippen LogP) is 4.63. The molecule has 0 aliphatic carbocycles. The van der Waals surface area contributed by atoms with E-state index in [-0.39, 0.29) is 11.7 Å². The lowest BCUT2D eigenvalue weighted by atomic mass is 10.0. The van der Waals surface area contributed by atoms with Crippen LogP contribution < -0.4 is 14.6 Å². The molecule has 4 heteroatoms. The van der Waals surface area contributed by atoms with Crippen LogP contribution in [-0.4, -0.2) is 19.2 Å². The molecule has 0 aliphatic rings. The fourth-order valence-corrected chi connectivity index (χ4v) is 3.58. The molecule has 0 fully saturated rings. The molecule has 3 rings (SSSR count). The Morgan fingerprint density at radius 3 is 2.16 bits per heavy atom. The molecular formula is C27H29O4-. The molecule has 0 aliphatic heterocycles. The quantitative estimate of drug-likeness (QED) is 0.456. The third kappa shape index (κ3) is 6.88. The fourth-order valence-electron chi connectivity index (χ4n) is 3.58. The lowest BCUT2D eigenvalue weighted by molar-refractivity contribution is -0.255. The van der Waals surface area contributed by atoms with Gasteiger partial charge in [0.05, 0.1) is 19.2 Å². The van der Waals surface area contributed by atoms with Crippen molar-refractivity contribution in [2.24, 2.45) is 0 Å². The molecule has 0 bridgehead atoms. The van der Waals surface area contributed by atoms with Gasteiger partial charge < -0.3 is 19.4 Å². The maximum Gasteiger partial charge on any atom is 0.161 e. The molecule has 31 heavy (non-hydrogen) atoms. The second-order valence-electron chi connectivity index (χ2n) is 7.78. The minimum atomic E-state index is -1.15. The zero-order chi connectivity index (χ0) is 22.1. The van der Waals surface area contributed by atoms with Gasteiger partial charge in [-0.05, 0) is 73.4 Å². The maximum atomic E-state index is 10.9. The van der Waals surface area contributed by atoms with Crippen molar-refractivity contribution in [2.75, 3.05) is 7.11 Å². The molecule has 3 aromatic carbocycles. The van der Waals surface area contributed by atoms with Crippen molar-refractivity contribution in [1.82, 2.24) is 0 Å². The van der Waals surface area contributed by atoms with Crippen molar-refractivity contribution in [3.05, 3.63) is 95.1 Å². The molecule has 0 aromatic heterocycles. The van der Waals surface area contributed by atoms with Crippen LogP contribution in [0, 0.1) is 0 Å². The van der Waals surface area contributed by atoms with Crippen molar-refractivity contribution in [3.8, 4) is 11.5 Å². The first-order chi connectivity index (χ1) is 15.0. The van der Waals surface area contributed by atoms with E-state index in [1.807, 2.05) is 36.4 Å². The van der Waals surface area contributed by atoms with Gasteiger partial charge in [0.25, 0.3) is 0 Å². The van der Waals surface area contributed by atoms with E-state index in [2.05, 4.69) is 31.2 Å². The number of aromatic carboxylic acids is 1. The van der Waals surface area contributed by atoms with E-state index in [0.717, 1.165) is 54.7 Å². The van der Waals surface area contributed by atoms with Gasteiger partial charge in [-0.1, -0.05) is 60.7 Å². The number of carboxylic acids is 1. The third-order valence-corrected chi connectivity index (χ3v) is 5.37. The summed E-state index contributed by atoms with van der Waals surface area (Å²) in [6.45, 7) is 2.09. The predicted molar refractivity (Wildman–Crippen MR) is 121 cm³/mol. The van der Waals surface area contributed by atoms with Crippen LogP contribution >= 0.6 is 0 Å². The molecule has 0 radical (unpaired) electrons. The van der Waals surface area contributed by atoms with E-state index in [9.17, 15) is 9.90 Å². The van der Waals surface area contributed by atoms with Crippen LogP contribution in [-0.2, 0) is 19.3 Å². The minimum Gasteiger partial charge on any atom is -0.545 e. The lowest BCUT2D eigenvalue weighted by Crippen LogP contribution is -2.21. The highest BCUT2D eigenvalue weighted by Crippen LogP contribution is 2.30. The van der Waals surface area contributed by atoms with Crippen molar-refractivity contribution in [3.63, 3.8) is 0 Å². The SMILES string of the molecule is COc1ccc(CCc2ccc(C(=O)[O-])cc2)cc1OC(C)CCCc1ccccc1. The van der Waals surface area contributed by atoms with Gasteiger partial charge in [0.15, 0.2) is 11.5 Å². The van der Waals surface area contributed by atoms with Gasteiger partial charge in [-0.15, -0.1) is 0 Å². The highest BCUT2D eigenvalue weighted by Gasteiger charge is 2.11. The van der Waals surface area contributed by atoms with E-state index >= 15 is 0 Å². The van der Waals surface area contributed by atoms with Crippen LogP contribution in [0.1, 0.15) is 46.8 Å². The maximum absolute atomic E-state index is 10.9. The van der Waals surface area contributed by atoms with Crippen molar-refractivity contribution in [1.29, 1.82) is 0 Å². The van der Waals surface area contributed by atoms with Crippen molar-refractivity contribution >= 4 is 5.97 Å². The zero-order valence-electron chi connectivity index (χ0n) is 18.2. The van der Waals surface area contributed by atoms with Gasteiger partial charge in [0.2, 0.25) is 0 Å². The van der Waals surface area contributed by atoms with Crippen molar-refractivity contribution in [2.45, 2.75) is 45.1 Å². The first-order valence-electron chi connectivity index (χ1n) is 10.7. The largest absolute Gasteiger partial charge is 0.545 e. The molecule has 162 valence electrons. The van der Waals surface area contributed by atoms with Gasteiger partial charge in [-0.2, -0.15) is 0 Å². The van der Waals surface area contributed by atoms with Crippen LogP contribution in [0.25, 0.3) is 0 Å². The minimum absolute atomic E-state index is 0.0880. The molecule has 1 atom stereocenters. The summed E-state index contributed by atoms with van der Waals surface area (Å²) in [5.41, 5.74) is 3.78. The Hall–Kier alpha value is -3.27. The number of hydrogen-bond acceptors (Lipinski definition) is 4. The Labute approximate surface area is 184 Å². The zero-order valence-corrected chi connectivity index (χ0v) is 18.2. The normalized spacial score (nSPS) is 11.7. The van der Waals surface area contributed by atoms with Crippen LogP contribution in [0.15, 0.2) is 72.8 Å². The standard InChI is InChI=1S/C27H30O4/c1-20(7-6-10-21-8-4-3-5-9-21)31-26-19-23(15-18-25(26)30-2)12-11-22-13-16-24(17-14-22)27(28)29/h3-5,8-9,13-20H,6-7,10-12H2,1-2H3,(H,28,29)/p-1. The topological polar surface area (TPSA) is 58.6 Å². The molecule has 0 spiro atoms. The average molecular weight is 418 g/mol. The van der Waals surface area contributed by atoms with E-state index in [1.165, 1.54) is 5.56 Å². The Bertz CT molecular complexity index is 964. The lowest BCUT2D eigenvalue weighted by Gasteiger charge is -2.18. The van der Waals surface area contributed by atoms with Crippen LogP contribution in [0.5, 0.6) is 11.5 Å². The number of ether oxygens (including phenoxy) is 2. The Balaban J connectivity index is 1.55.